The molecule has 1 fully saturated rings. The lowest BCUT2D eigenvalue weighted by atomic mass is 9.97. The molecule has 0 bridgehead atoms. The van der Waals surface area contributed by atoms with Gasteiger partial charge in [0, 0.05) is 6.54 Å². The van der Waals surface area contributed by atoms with Crippen LogP contribution in [0.15, 0.2) is 18.2 Å². The zero-order valence-corrected chi connectivity index (χ0v) is 13.7. The van der Waals surface area contributed by atoms with E-state index in [0.717, 1.165) is 18.9 Å². The van der Waals surface area contributed by atoms with E-state index in [0.29, 0.717) is 17.1 Å². The largest absolute Gasteiger partial charge is 0.493 e. The van der Waals surface area contributed by atoms with Crippen LogP contribution in [0.5, 0.6) is 11.5 Å². The molecule has 4 heteroatoms. The van der Waals surface area contributed by atoms with E-state index >= 15 is 0 Å². The number of amides is 1. The minimum absolute atomic E-state index is 0.0932. The van der Waals surface area contributed by atoms with Gasteiger partial charge in [-0.05, 0) is 24.5 Å². The first-order valence-corrected chi connectivity index (χ1v) is 8.25. The maximum atomic E-state index is 12.4. The summed E-state index contributed by atoms with van der Waals surface area (Å²) in [5, 5.41) is 3.02. The van der Waals surface area contributed by atoms with Crippen molar-refractivity contribution in [3.05, 3.63) is 23.8 Å². The zero-order valence-electron chi connectivity index (χ0n) is 13.7. The fraction of sp³-hybridized carbons (Fsp3) is 0.611. The van der Waals surface area contributed by atoms with Gasteiger partial charge >= 0.3 is 0 Å². The molecule has 22 heavy (non-hydrogen) atoms. The van der Waals surface area contributed by atoms with Crippen LogP contribution in [0.25, 0.3) is 0 Å². The molecule has 0 atom stereocenters. The lowest BCUT2D eigenvalue weighted by Crippen LogP contribution is -2.26. The highest BCUT2D eigenvalue weighted by Gasteiger charge is 2.17. The zero-order chi connectivity index (χ0) is 15.8. The predicted molar refractivity (Wildman–Crippen MR) is 87.7 cm³/mol. The van der Waals surface area contributed by atoms with Crippen molar-refractivity contribution in [3.8, 4) is 11.5 Å². The van der Waals surface area contributed by atoms with E-state index in [1.54, 1.807) is 26.4 Å². The van der Waals surface area contributed by atoms with Crippen molar-refractivity contribution in [1.82, 2.24) is 5.32 Å². The summed E-state index contributed by atoms with van der Waals surface area (Å²) in [6.07, 6.45) is 9.08. The van der Waals surface area contributed by atoms with Crippen LogP contribution in [-0.2, 0) is 0 Å². The van der Waals surface area contributed by atoms with E-state index in [1.807, 2.05) is 6.07 Å². The molecule has 0 saturated heterocycles. The summed E-state index contributed by atoms with van der Waals surface area (Å²) in [6.45, 7) is 0.726. The Morgan fingerprint density at radius 3 is 2.50 bits per heavy atom. The van der Waals surface area contributed by atoms with Gasteiger partial charge in [0.2, 0.25) is 0 Å². The molecule has 1 aliphatic rings. The molecule has 0 unspecified atom stereocenters. The number of hydrogen-bond acceptors (Lipinski definition) is 3. The summed E-state index contributed by atoms with van der Waals surface area (Å²) >= 11 is 0. The second kappa shape index (κ2) is 8.66. The van der Waals surface area contributed by atoms with E-state index in [-0.39, 0.29) is 5.91 Å². The van der Waals surface area contributed by atoms with Crippen LogP contribution in [-0.4, -0.2) is 26.7 Å². The molecule has 1 aromatic carbocycles. The van der Waals surface area contributed by atoms with Crippen molar-refractivity contribution in [3.63, 3.8) is 0 Å². The maximum absolute atomic E-state index is 12.4. The summed E-state index contributed by atoms with van der Waals surface area (Å²) in [5.41, 5.74) is 0.530. The maximum Gasteiger partial charge on any atom is 0.255 e. The van der Waals surface area contributed by atoms with Crippen LogP contribution in [0.4, 0.5) is 0 Å². The first kappa shape index (κ1) is 16.7. The monoisotopic (exact) mass is 305 g/mol. The molecule has 122 valence electrons. The van der Waals surface area contributed by atoms with Gasteiger partial charge in [0.05, 0.1) is 19.8 Å². The highest BCUT2D eigenvalue weighted by atomic mass is 16.5. The second-order valence-corrected chi connectivity index (χ2v) is 5.94. The van der Waals surface area contributed by atoms with Gasteiger partial charge in [-0.1, -0.05) is 44.6 Å². The smallest absolute Gasteiger partial charge is 0.255 e. The van der Waals surface area contributed by atoms with Crippen LogP contribution in [0, 0.1) is 5.92 Å². The predicted octanol–water partition coefficient (Wildman–Crippen LogP) is 3.79. The van der Waals surface area contributed by atoms with Gasteiger partial charge < -0.3 is 14.8 Å². The van der Waals surface area contributed by atoms with Crippen molar-refractivity contribution in [2.45, 2.75) is 44.9 Å². The van der Waals surface area contributed by atoms with Crippen molar-refractivity contribution in [2.75, 3.05) is 20.8 Å². The second-order valence-electron chi connectivity index (χ2n) is 5.94. The molecule has 1 saturated carbocycles. The molecule has 1 aliphatic carbocycles. The summed E-state index contributed by atoms with van der Waals surface area (Å²) < 4.78 is 10.6. The van der Waals surface area contributed by atoms with Crippen LogP contribution >= 0.6 is 0 Å². The molecule has 1 amide bonds. The number of carbonyl (C=O) groups is 1. The van der Waals surface area contributed by atoms with Crippen molar-refractivity contribution in [1.29, 1.82) is 0 Å². The minimum Gasteiger partial charge on any atom is -0.493 e. The summed E-state index contributed by atoms with van der Waals surface area (Å²) in [6, 6.07) is 5.37. The highest BCUT2D eigenvalue weighted by Crippen LogP contribution is 2.30. The van der Waals surface area contributed by atoms with Crippen molar-refractivity contribution in [2.24, 2.45) is 5.92 Å². The molecule has 0 aromatic heterocycles. The van der Waals surface area contributed by atoms with Crippen LogP contribution < -0.4 is 14.8 Å². The molecule has 0 spiro atoms. The molecule has 0 radical (unpaired) electrons. The number of methoxy groups -OCH3 is 2. The fourth-order valence-corrected chi connectivity index (χ4v) is 3.20. The molecule has 1 aromatic rings. The van der Waals surface area contributed by atoms with E-state index in [1.165, 1.54) is 38.5 Å². The molecule has 0 heterocycles. The molecular formula is C18H27NO3. The molecule has 2 rings (SSSR count). The van der Waals surface area contributed by atoms with Gasteiger partial charge in [-0.25, -0.2) is 0 Å². The van der Waals surface area contributed by atoms with E-state index < -0.39 is 0 Å². The van der Waals surface area contributed by atoms with Gasteiger partial charge in [-0.15, -0.1) is 0 Å². The van der Waals surface area contributed by atoms with E-state index in [4.69, 9.17) is 9.47 Å². The number of para-hydroxylation sites is 1. The number of benzene rings is 1. The number of hydrogen-bond donors (Lipinski definition) is 1. The topological polar surface area (TPSA) is 47.6 Å². The summed E-state index contributed by atoms with van der Waals surface area (Å²) in [5.74, 6) is 1.75. The van der Waals surface area contributed by atoms with E-state index in [2.05, 4.69) is 5.32 Å². The Hall–Kier alpha value is -1.71. The Labute approximate surface area is 133 Å². The molecule has 4 nitrogen and oxygen atoms in total. The Bertz CT molecular complexity index is 479. The first-order valence-electron chi connectivity index (χ1n) is 8.25. The van der Waals surface area contributed by atoms with Gasteiger partial charge in [-0.2, -0.15) is 0 Å². The Morgan fingerprint density at radius 2 is 1.86 bits per heavy atom. The number of ether oxygens (including phenoxy) is 2. The van der Waals surface area contributed by atoms with Gasteiger partial charge in [0.15, 0.2) is 11.5 Å². The number of nitrogens with one attached hydrogen (secondary N) is 1. The standard InChI is InChI=1S/C18H27NO3/c1-21-16-11-7-10-15(17(16)22-2)18(20)19-13-12-14-8-5-3-4-6-9-14/h7,10-11,14H,3-6,8-9,12-13H2,1-2H3,(H,19,20). The fourth-order valence-electron chi connectivity index (χ4n) is 3.20. The Kier molecular flexibility index (Phi) is 6.56. The van der Waals surface area contributed by atoms with E-state index in [9.17, 15) is 4.79 Å². The third-order valence-electron chi connectivity index (χ3n) is 4.46. The first-order chi connectivity index (χ1) is 10.8. The third-order valence-corrected chi connectivity index (χ3v) is 4.46. The lowest BCUT2D eigenvalue weighted by Gasteiger charge is -2.15. The van der Waals surface area contributed by atoms with Crippen LogP contribution in [0.1, 0.15) is 55.3 Å². The van der Waals surface area contributed by atoms with Crippen LogP contribution in [0.3, 0.4) is 0 Å². The van der Waals surface area contributed by atoms with Crippen LogP contribution in [0.2, 0.25) is 0 Å². The number of carbonyl (C=O) groups excluding carboxylic acids is 1. The summed E-state index contributed by atoms with van der Waals surface area (Å²) in [4.78, 5) is 12.4. The van der Waals surface area contributed by atoms with Gasteiger partial charge in [0.25, 0.3) is 5.91 Å². The normalized spacial score (nSPS) is 15.9. The van der Waals surface area contributed by atoms with Gasteiger partial charge in [-0.3, -0.25) is 4.79 Å². The molecule has 1 N–H and O–H groups in total. The average molecular weight is 305 g/mol. The molecular weight excluding hydrogens is 278 g/mol. The SMILES string of the molecule is COc1cccc(C(=O)NCCC2CCCCCC2)c1OC. The number of rotatable bonds is 6. The quantitative estimate of drug-likeness (QED) is 0.813. The Morgan fingerprint density at radius 1 is 1.14 bits per heavy atom. The highest BCUT2D eigenvalue weighted by molar-refractivity contribution is 5.97. The average Bonchev–Trinajstić information content (AvgIpc) is 2.82. The third kappa shape index (κ3) is 4.39. The summed E-state index contributed by atoms with van der Waals surface area (Å²) in [7, 11) is 3.13. The molecule has 0 aliphatic heterocycles. The lowest BCUT2D eigenvalue weighted by molar-refractivity contribution is 0.0947. The minimum atomic E-state index is -0.0932. The van der Waals surface area contributed by atoms with Crippen molar-refractivity contribution < 1.29 is 14.3 Å². The van der Waals surface area contributed by atoms with Gasteiger partial charge in [0.1, 0.15) is 0 Å². The van der Waals surface area contributed by atoms with Crippen molar-refractivity contribution >= 4 is 5.91 Å². The Balaban J connectivity index is 1.89.